The molecule has 0 aliphatic heterocycles. The number of carbonyl (C=O) groups is 1. The zero-order valence-electron chi connectivity index (χ0n) is 18.6. The molecule has 4 rings (SSSR count). The number of aryl methyl sites for hydroxylation is 2. The number of hydrogen-bond donors (Lipinski definition) is 2. The van der Waals surface area contributed by atoms with Gasteiger partial charge in [0.25, 0.3) is 10.0 Å². The van der Waals surface area contributed by atoms with E-state index in [1.807, 2.05) is 32.0 Å². The maximum absolute atomic E-state index is 13.0. The number of rotatable bonds is 6. The van der Waals surface area contributed by atoms with Crippen molar-refractivity contribution in [1.29, 1.82) is 0 Å². The van der Waals surface area contributed by atoms with E-state index in [2.05, 4.69) is 17.0 Å². The first kappa shape index (κ1) is 21.9. The fraction of sp³-hybridized carbons (Fsp3) is 0.480. The highest BCUT2D eigenvalue weighted by atomic mass is 32.2. The number of nitrogens with one attached hydrogen (secondary N) is 2. The maximum atomic E-state index is 13.0. The minimum absolute atomic E-state index is 0.121. The first-order valence-electron chi connectivity index (χ1n) is 11.2. The zero-order valence-corrected chi connectivity index (χ0v) is 19.4. The van der Waals surface area contributed by atoms with E-state index in [0.717, 1.165) is 48.3 Å². The predicted octanol–water partition coefficient (Wildman–Crippen LogP) is 4.83. The van der Waals surface area contributed by atoms with Crippen LogP contribution in [0.5, 0.6) is 0 Å². The Morgan fingerprint density at radius 1 is 0.935 bits per heavy atom. The van der Waals surface area contributed by atoms with Crippen molar-refractivity contribution in [3.05, 3.63) is 59.2 Å². The Labute approximate surface area is 185 Å². The van der Waals surface area contributed by atoms with Crippen LogP contribution in [0.4, 0.5) is 5.69 Å². The second kappa shape index (κ2) is 8.30. The summed E-state index contributed by atoms with van der Waals surface area (Å²) in [5.41, 5.74) is 3.00. The topological polar surface area (TPSA) is 75.3 Å². The van der Waals surface area contributed by atoms with Gasteiger partial charge in [0.05, 0.1) is 10.3 Å². The van der Waals surface area contributed by atoms with Gasteiger partial charge in [-0.25, -0.2) is 8.42 Å². The van der Waals surface area contributed by atoms with Crippen LogP contribution in [0.2, 0.25) is 0 Å². The van der Waals surface area contributed by atoms with Crippen molar-refractivity contribution in [3.63, 3.8) is 0 Å². The maximum Gasteiger partial charge on any atom is 0.261 e. The fourth-order valence-electron chi connectivity index (χ4n) is 4.45. The molecular formula is C25H32N2O3S. The van der Waals surface area contributed by atoms with Gasteiger partial charge in [-0.15, -0.1) is 0 Å². The summed E-state index contributed by atoms with van der Waals surface area (Å²) in [6.07, 6.45) is 6.15. The van der Waals surface area contributed by atoms with Crippen molar-refractivity contribution >= 4 is 21.6 Å². The SMILES string of the molecule is Cc1ccc(S(=O)(=O)Nc2ccc(C3(C(=O)NC4CCC(C)CC4)CC3)cc2)cc1C. The van der Waals surface area contributed by atoms with Crippen LogP contribution in [0.3, 0.4) is 0 Å². The van der Waals surface area contributed by atoms with Gasteiger partial charge in [0.1, 0.15) is 0 Å². The molecule has 0 unspecified atom stereocenters. The van der Waals surface area contributed by atoms with E-state index in [0.29, 0.717) is 5.69 Å². The van der Waals surface area contributed by atoms with Gasteiger partial charge in [-0.05, 0) is 99.2 Å². The predicted molar refractivity (Wildman–Crippen MR) is 124 cm³/mol. The van der Waals surface area contributed by atoms with E-state index in [-0.39, 0.29) is 16.8 Å². The van der Waals surface area contributed by atoms with Crippen LogP contribution < -0.4 is 10.0 Å². The van der Waals surface area contributed by atoms with Crippen LogP contribution in [0.1, 0.15) is 62.1 Å². The molecule has 166 valence electrons. The second-order valence-electron chi connectivity index (χ2n) is 9.44. The molecule has 0 aromatic heterocycles. The Hall–Kier alpha value is -2.34. The third-order valence-electron chi connectivity index (χ3n) is 7.01. The molecule has 0 saturated heterocycles. The molecule has 2 aliphatic carbocycles. The molecule has 31 heavy (non-hydrogen) atoms. The number of benzene rings is 2. The molecule has 5 nitrogen and oxygen atoms in total. The summed E-state index contributed by atoms with van der Waals surface area (Å²) in [5.74, 6) is 0.874. The van der Waals surface area contributed by atoms with Crippen LogP contribution in [-0.4, -0.2) is 20.4 Å². The standard InChI is InChI=1S/C25H32N2O3S/c1-17-4-9-21(10-5-17)26-24(28)25(14-15-25)20-7-11-22(12-8-20)27-31(29,30)23-13-6-18(2)19(3)16-23/h6-8,11-13,16-17,21,27H,4-5,9-10,14-15H2,1-3H3,(H,26,28). The van der Waals surface area contributed by atoms with Crippen LogP contribution in [0.15, 0.2) is 47.4 Å². The molecule has 2 aromatic carbocycles. The third-order valence-corrected chi connectivity index (χ3v) is 8.39. The Bertz CT molecular complexity index is 1060. The molecule has 2 aliphatic rings. The molecule has 1 amide bonds. The lowest BCUT2D eigenvalue weighted by Gasteiger charge is -2.28. The lowest BCUT2D eigenvalue weighted by atomic mass is 9.86. The molecule has 2 fully saturated rings. The smallest absolute Gasteiger partial charge is 0.261 e. The van der Waals surface area contributed by atoms with Gasteiger partial charge in [0.2, 0.25) is 5.91 Å². The summed E-state index contributed by atoms with van der Waals surface area (Å²) in [6, 6.07) is 12.7. The van der Waals surface area contributed by atoms with Crippen LogP contribution >= 0.6 is 0 Å². The quantitative estimate of drug-likeness (QED) is 0.675. The van der Waals surface area contributed by atoms with Gasteiger partial charge in [0, 0.05) is 11.7 Å². The molecule has 2 aromatic rings. The minimum Gasteiger partial charge on any atom is -0.353 e. The Morgan fingerprint density at radius 2 is 1.58 bits per heavy atom. The van der Waals surface area contributed by atoms with E-state index in [1.54, 1.807) is 24.3 Å². The first-order valence-corrected chi connectivity index (χ1v) is 12.7. The molecule has 0 radical (unpaired) electrons. The molecule has 2 saturated carbocycles. The molecule has 0 spiro atoms. The zero-order chi connectivity index (χ0) is 22.2. The van der Waals surface area contributed by atoms with E-state index in [9.17, 15) is 13.2 Å². The van der Waals surface area contributed by atoms with Crippen LogP contribution in [-0.2, 0) is 20.2 Å². The van der Waals surface area contributed by atoms with Crippen molar-refractivity contribution in [3.8, 4) is 0 Å². The normalized spacial score (nSPS) is 22.5. The minimum atomic E-state index is -3.65. The van der Waals surface area contributed by atoms with Gasteiger partial charge in [-0.1, -0.05) is 25.1 Å². The lowest BCUT2D eigenvalue weighted by Crippen LogP contribution is -2.43. The molecule has 0 atom stereocenters. The summed E-state index contributed by atoms with van der Waals surface area (Å²) >= 11 is 0. The monoisotopic (exact) mass is 440 g/mol. The van der Waals surface area contributed by atoms with Crippen molar-refractivity contribution < 1.29 is 13.2 Å². The lowest BCUT2D eigenvalue weighted by molar-refractivity contribution is -0.124. The number of amides is 1. The highest BCUT2D eigenvalue weighted by Gasteiger charge is 2.51. The van der Waals surface area contributed by atoms with Crippen molar-refractivity contribution in [1.82, 2.24) is 5.32 Å². The molecule has 6 heteroatoms. The highest BCUT2D eigenvalue weighted by Crippen LogP contribution is 2.49. The van der Waals surface area contributed by atoms with E-state index in [4.69, 9.17) is 0 Å². The van der Waals surface area contributed by atoms with Gasteiger partial charge < -0.3 is 5.32 Å². The van der Waals surface area contributed by atoms with Crippen LogP contribution in [0, 0.1) is 19.8 Å². The molecule has 0 heterocycles. The molecule has 2 N–H and O–H groups in total. The van der Waals surface area contributed by atoms with Crippen molar-refractivity contribution in [2.24, 2.45) is 5.92 Å². The number of sulfonamides is 1. The van der Waals surface area contributed by atoms with E-state index in [1.165, 1.54) is 12.8 Å². The van der Waals surface area contributed by atoms with E-state index < -0.39 is 15.4 Å². The Morgan fingerprint density at radius 3 is 2.16 bits per heavy atom. The molecule has 0 bridgehead atoms. The highest BCUT2D eigenvalue weighted by molar-refractivity contribution is 7.92. The fourth-order valence-corrected chi connectivity index (χ4v) is 5.60. The van der Waals surface area contributed by atoms with Gasteiger partial charge in [-0.2, -0.15) is 0 Å². The summed E-state index contributed by atoms with van der Waals surface area (Å²) < 4.78 is 28.1. The Balaban J connectivity index is 1.44. The molecular weight excluding hydrogens is 408 g/mol. The Kier molecular flexibility index (Phi) is 5.86. The third kappa shape index (κ3) is 4.64. The number of hydrogen-bond acceptors (Lipinski definition) is 3. The van der Waals surface area contributed by atoms with Gasteiger partial charge in [0.15, 0.2) is 0 Å². The summed E-state index contributed by atoms with van der Waals surface area (Å²) in [5, 5.41) is 3.27. The average molecular weight is 441 g/mol. The van der Waals surface area contributed by atoms with Crippen molar-refractivity contribution in [2.45, 2.75) is 75.6 Å². The number of carbonyl (C=O) groups excluding carboxylic acids is 1. The van der Waals surface area contributed by atoms with E-state index >= 15 is 0 Å². The number of anilines is 1. The summed E-state index contributed by atoms with van der Waals surface area (Å²) in [6.45, 7) is 6.13. The largest absolute Gasteiger partial charge is 0.353 e. The van der Waals surface area contributed by atoms with Crippen molar-refractivity contribution in [2.75, 3.05) is 4.72 Å². The van der Waals surface area contributed by atoms with Gasteiger partial charge in [-0.3, -0.25) is 9.52 Å². The van der Waals surface area contributed by atoms with Gasteiger partial charge >= 0.3 is 0 Å². The first-order chi connectivity index (χ1) is 14.7. The summed E-state index contributed by atoms with van der Waals surface area (Å²) in [4.78, 5) is 13.3. The second-order valence-corrected chi connectivity index (χ2v) is 11.1. The summed E-state index contributed by atoms with van der Waals surface area (Å²) in [7, 11) is -3.65. The average Bonchev–Trinajstić information content (AvgIpc) is 3.54. The van der Waals surface area contributed by atoms with Crippen LogP contribution in [0.25, 0.3) is 0 Å².